The molecule has 23 heavy (non-hydrogen) atoms. The van der Waals surface area contributed by atoms with Gasteiger partial charge in [0.1, 0.15) is 0 Å². The van der Waals surface area contributed by atoms with E-state index in [1.54, 1.807) is 0 Å². The molecule has 10 unspecified atom stereocenters. The van der Waals surface area contributed by atoms with E-state index < -0.39 is 0 Å². The van der Waals surface area contributed by atoms with E-state index in [1.807, 2.05) is 7.11 Å². The minimum absolute atomic E-state index is 0.100. The van der Waals surface area contributed by atoms with Gasteiger partial charge in [0.05, 0.1) is 18.3 Å². The van der Waals surface area contributed by atoms with Gasteiger partial charge >= 0.3 is 0 Å². The third kappa shape index (κ3) is 3.77. The van der Waals surface area contributed by atoms with Gasteiger partial charge in [0, 0.05) is 13.0 Å². The summed E-state index contributed by atoms with van der Waals surface area (Å²) >= 11 is 0. The van der Waals surface area contributed by atoms with Crippen LogP contribution in [0.3, 0.4) is 0 Å². The van der Waals surface area contributed by atoms with Crippen LogP contribution in [0.4, 0.5) is 0 Å². The molecule has 0 N–H and O–H groups in total. The normalized spacial score (nSPS) is 51.7. The molecule has 1 saturated carbocycles. The zero-order valence-corrected chi connectivity index (χ0v) is 16.4. The molecule has 2 aliphatic rings. The summed E-state index contributed by atoms with van der Waals surface area (Å²) in [5, 5.41) is 0. The number of ether oxygens (including phenoxy) is 3. The molecule has 0 spiro atoms. The van der Waals surface area contributed by atoms with Crippen molar-refractivity contribution >= 4 is 0 Å². The second-order valence-corrected chi connectivity index (χ2v) is 8.38. The van der Waals surface area contributed by atoms with Crippen molar-refractivity contribution in [3.63, 3.8) is 0 Å². The summed E-state index contributed by atoms with van der Waals surface area (Å²) < 4.78 is 18.8. The number of rotatable bonds is 4. The van der Waals surface area contributed by atoms with E-state index in [0.717, 1.165) is 6.42 Å². The van der Waals surface area contributed by atoms with Crippen LogP contribution < -0.4 is 0 Å². The maximum Gasteiger partial charge on any atom is 0.161 e. The van der Waals surface area contributed by atoms with Gasteiger partial charge < -0.3 is 14.2 Å². The van der Waals surface area contributed by atoms with Crippen molar-refractivity contribution in [2.24, 2.45) is 35.5 Å². The van der Waals surface area contributed by atoms with Gasteiger partial charge in [-0.3, -0.25) is 0 Å². The van der Waals surface area contributed by atoms with Gasteiger partial charge in [0.25, 0.3) is 0 Å². The van der Waals surface area contributed by atoms with Crippen molar-refractivity contribution in [1.29, 1.82) is 0 Å². The summed E-state index contributed by atoms with van der Waals surface area (Å²) in [5.41, 5.74) is 0. The van der Waals surface area contributed by atoms with Crippen LogP contribution in [-0.2, 0) is 14.2 Å². The van der Waals surface area contributed by atoms with E-state index in [4.69, 9.17) is 14.2 Å². The van der Waals surface area contributed by atoms with Gasteiger partial charge in [-0.25, -0.2) is 0 Å². The first-order valence-corrected chi connectivity index (χ1v) is 9.65. The van der Waals surface area contributed by atoms with E-state index in [0.29, 0.717) is 41.6 Å². The Hall–Kier alpha value is -0.120. The second-order valence-electron chi connectivity index (χ2n) is 8.38. The van der Waals surface area contributed by atoms with Crippen LogP contribution in [0.15, 0.2) is 0 Å². The Morgan fingerprint density at radius 2 is 1.48 bits per heavy atom. The largest absolute Gasteiger partial charge is 0.378 e. The molecule has 10 atom stereocenters. The molecule has 0 aromatic carbocycles. The number of methoxy groups -OCH3 is 1. The minimum atomic E-state index is -0.100. The van der Waals surface area contributed by atoms with Gasteiger partial charge in [0.15, 0.2) is 6.29 Å². The lowest BCUT2D eigenvalue weighted by atomic mass is 9.72. The predicted molar refractivity (Wildman–Crippen MR) is 94.2 cm³/mol. The zero-order valence-electron chi connectivity index (χ0n) is 16.4. The molecule has 0 radical (unpaired) electrons. The standard InChI is InChI=1S/C20H38O3/c1-9-17-15(6)14(5)16(7)20(22-17)23-18-12(3)10-11(2)13(4)19(18)21-8/h11-20H,9-10H2,1-8H3. The third-order valence-corrected chi connectivity index (χ3v) is 6.99. The third-order valence-electron chi connectivity index (χ3n) is 6.99. The fourth-order valence-corrected chi connectivity index (χ4v) is 4.71. The number of hydrogen-bond acceptors (Lipinski definition) is 3. The first-order chi connectivity index (χ1) is 10.8. The molecule has 3 nitrogen and oxygen atoms in total. The first-order valence-electron chi connectivity index (χ1n) is 9.65. The maximum atomic E-state index is 6.58. The summed E-state index contributed by atoms with van der Waals surface area (Å²) in [7, 11) is 1.83. The molecule has 0 amide bonds. The van der Waals surface area contributed by atoms with Crippen LogP contribution in [-0.4, -0.2) is 31.7 Å². The SMILES string of the molecule is CCC1OC(OC2C(C)CC(C)C(C)C2OC)C(C)C(C)C1C. The van der Waals surface area contributed by atoms with Crippen LogP contribution in [0.2, 0.25) is 0 Å². The molecule has 136 valence electrons. The molecule has 0 aromatic heterocycles. The smallest absolute Gasteiger partial charge is 0.161 e. The highest BCUT2D eigenvalue weighted by molar-refractivity contribution is 4.91. The van der Waals surface area contributed by atoms with Gasteiger partial charge in [0.2, 0.25) is 0 Å². The van der Waals surface area contributed by atoms with Crippen molar-refractivity contribution in [3.8, 4) is 0 Å². The Labute approximate surface area is 143 Å². The highest BCUT2D eigenvalue weighted by Crippen LogP contribution is 2.41. The summed E-state index contributed by atoms with van der Waals surface area (Å²) in [4.78, 5) is 0. The Morgan fingerprint density at radius 3 is 2.04 bits per heavy atom. The fraction of sp³-hybridized carbons (Fsp3) is 1.00. The molecule has 1 aliphatic carbocycles. The van der Waals surface area contributed by atoms with Crippen molar-refractivity contribution in [2.45, 2.75) is 85.9 Å². The van der Waals surface area contributed by atoms with Crippen LogP contribution >= 0.6 is 0 Å². The fourth-order valence-electron chi connectivity index (χ4n) is 4.71. The average molecular weight is 327 g/mol. The maximum absolute atomic E-state index is 6.58. The molecule has 0 aromatic rings. The Morgan fingerprint density at radius 1 is 0.826 bits per heavy atom. The first kappa shape index (κ1) is 19.2. The predicted octanol–water partition coefficient (Wildman–Crippen LogP) is 4.74. The van der Waals surface area contributed by atoms with E-state index in [2.05, 4.69) is 48.5 Å². The van der Waals surface area contributed by atoms with E-state index >= 15 is 0 Å². The highest BCUT2D eigenvalue weighted by atomic mass is 16.7. The molecule has 2 rings (SSSR count). The molecular formula is C20H38O3. The monoisotopic (exact) mass is 326 g/mol. The average Bonchev–Trinajstić information content (AvgIpc) is 2.53. The van der Waals surface area contributed by atoms with Gasteiger partial charge in [-0.15, -0.1) is 0 Å². The van der Waals surface area contributed by atoms with Crippen LogP contribution in [0.25, 0.3) is 0 Å². The van der Waals surface area contributed by atoms with Crippen molar-refractivity contribution < 1.29 is 14.2 Å². The Balaban J connectivity index is 2.12. The van der Waals surface area contributed by atoms with Gasteiger partial charge in [-0.1, -0.05) is 48.5 Å². The van der Waals surface area contributed by atoms with Crippen molar-refractivity contribution in [1.82, 2.24) is 0 Å². The lowest BCUT2D eigenvalue weighted by Gasteiger charge is -2.48. The lowest BCUT2D eigenvalue weighted by molar-refractivity contribution is -0.290. The minimum Gasteiger partial charge on any atom is -0.378 e. The molecular weight excluding hydrogens is 288 g/mol. The molecule has 1 heterocycles. The quantitative estimate of drug-likeness (QED) is 0.746. The molecule has 1 saturated heterocycles. The molecule has 1 aliphatic heterocycles. The summed E-state index contributed by atoms with van der Waals surface area (Å²) in [5.74, 6) is 3.36. The lowest BCUT2D eigenvalue weighted by Crippen LogP contribution is -2.53. The summed E-state index contributed by atoms with van der Waals surface area (Å²) in [6.45, 7) is 16.1. The molecule has 3 heteroatoms. The van der Waals surface area contributed by atoms with E-state index in [9.17, 15) is 0 Å². The van der Waals surface area contributed by atoms with E-state index in [-0.39, 0.29) is 18.5 Å². The van der Waals surface area contributed by atoms with Crippen LogP contribution in [0.1, 0.15) is 61.3 Å². The van der Waals surface area contributed by atoms with Crippen LogP contribution in [0, 0.1) is 35.5 Å². The van der Waals surface area contributed by atoms with Gasteiger partial charge in [-0.05, 0) is 42.4 Å². The van der Waals surface area contributed by atoms with Gasteiger partial charge in [-0.2, -0.15) is 0 Å². The topological polar surface area (TPSA) is 27.7 Å². The Bertz CT molecular complexity index is 370. The van der Waals surface area contributed by atoms with Crippen molar-refractivity contribution in [2.75, 3.05) is 7.11 Å². The zero-order chi connectivity index (χ0) is 17.3. The van der Waals surface area contributed by atoms with Crippen LogP contribution in [0.5, 0.6) is 0 Å². The number of hydrogen-bond donors (Lipinski definition) is 0. The second kappa shape index (κ2) is 7.84. The summed E-state index contributed by atoms with van der Waals surface area (Å²) in [6.07, 6.45) is 2.77. The summed E-state index contributed by atoms with van der Waals surface area (Å²) in [6, 6.07) is 0. The highest BCUT2D eigenvalue weighted by Gasteiger charge is 2.45. The van der Waals surface area contributed by atoms with Crippen molar-refractivity contribution in [3.05, 3.63) is 0 Å². The Kier molecular flexibility index (Phi) is 6.55. The molecule has 2 fully saturated rings. The van der Waals surface area contributed by atoms with E-state index in [1.165, 1.54) is 6.42 Å². The molecule has 0 bridgehead atoms.